The molecule has 19 heavy (non-hydrogen) atoms. The Hall–Kier alpha value is -1.69. The van der Waals surface area contributed by atoms with E-state index in [0.717, 1.165) is 37.9 Å². The maximum atomic E-state index is 10.7. The summed E-state index contributed by atoms with van der Waals surface area (Å²) in [4.78, 5) is 23.5. The van der Waals surface area contributed by atoms with Gasteiger partial charge in [0.25, 0.3) is 0 Å². The molecular weight excluding hydrogens is 244 g/mol. The van der Waals surface area contributed by atoms with Crippen molar-refractivity contribution in [2.45, 2.75) is 12.8 Å². The highest BCUT2D eigenvalue weighted by molar-refractivity contribution is 5.84. The molecule has 0 atom stereocenters. The average Bonchev–Trinajstić information content (AvgIpc) is 3.24. The Balaban J connectivity index is 1.56. The van der Waals surface area contributed by atoms with E-state index in [2.05, 4.69) is 19.8 Å². The third kappa shape index (κ3) is 3.01. The highest BCUT2D eigenvalue weighted by atomic mass is 16.4. The van der Waals surface area contributed by atoms with Crippen LogP contribution in [-0.2, 0) is 0 Å². The molecule has 1 saturated carbocycles. The van der Waals surface area contributed by atoms with E-state index in [0.29, 0.717) is 0 Å². The molecule has 1 saturated heterocycles. The van der Waals surface area contributed by atoms with E-state index in [1.807, 2.05) is 0 Å². The molecule has 0 radical (unpaired) electrons. The molecule has 2 fully saturated rings. The molecule has 6 heteroatoms. The smallest absolute Gasteiger partial charge is 0.356 e. The van der Waals surface area contributed by atoms with Gasteiger partial charge in [0.1, 0.15) is 5.82 Å². The lowest BCUT2D eigenvalue weighted by Crippen LogP contribution is -2.47. The second kappa shape index (κ2) is 5.13. The molecule has 0 bridgehead atoms. The zero-order chi connectivity index (χ0) is 13.2. The summed E-state index contributed by atoms with van der Waals surface area (Å²) in [6.45, 7) is 5.22. The molecule has 0 aromatic carbocycles. The largest absolute Gasteiger partial charge is 0.476 e. The van der Waals surface area contributed by atoms with Crippen LogP contribution in [0.5, 0.6) is 0 Å². The van der Waals surface area contributed by atoms with Gasteiger partial charge in [0, 0.05) is 32.7 Å². The van der Waals surface area contributed by atoms with E-state index in [-0.39, 0.29) is 5.69 Å². The maximum absolute atomic E-state index is 10.7. The van der Waals surface area contributed by atoms with Crippen molar-refractivity contribution in [3.8, 4) is 0 Å². The minimum atomic E-state index is -1.03. The first-order valence-corrected chi connectivity index (χ1v) is 6.75. The number of nitrogens with zero attached hydrogens (tertiary/aromatic N) is 4. The Bertz CT molecular complexity index is 450. The van der Waals surface area contributed by atoms with E-state index in [9.17, 15) is 4.79 Å². The SMILES string of the molecule is O=C(O)c1cnc(N2CCN(CC3CC3)CC2)cn1. The molecule has 1 N–H and O–H groups in total. The van der Waals surface area contributed by atoms with Gasteiger partial charge in [-0.1, -0.05) is 0 Å². The molecular formula is C13H18N4O2. The highest BCUT2D eigenvalue weighted by Gasteiger charge is 2.26. The van der Waals surface area contributed by atoms with E-state index in [4.69, 9.17) is 5.11 Å². The predicted octanol–water partition coefficient (Wildman–Crippen LogP) is 0.707. The summed E-state index contributed by atoms with van der Waals surface area (Å²) in [5, 5.41) is 8.79. The van der Waals surface area contributed by atoms with Crippen LogP contribution in [-0.4, -0.2) is 58.7 Å². The van der Waals surface area contributed by atoms with Crippen LogP contribution in [0, 0.1) is 5.92 Å². The zero-order valence-electron chi connectivity index (χ0n) is 10.8. The number of hydrogen-bond donors (Lipinski definition) is 1. The fraction of sp³-hybridized carbons (Fsp3) is 0.615. The fourth-order valence-corrected chi connectivity index (χ4v) is 2.42. The first kappa shape index (κ1) is 12.3. The summed E-state index contributed by atoms with van der Waals surface area (Å²) >= 11 is 0. The third-order valence-corrected chi connectivity index (χ3v) is 3.77. The van der Waals surface area contributed by atoms with Crippen molar-refractivity contribution in [1.29, 1.82) is 0 Å². The van der Waals surface area contributed by atoms with Crippen LogP contribution in [0.15, 0.2) is 12.4 Å². The van der Waals surface area contributed by atoms with Gasteiger partial charge in [-0.25, -0.2) is 14.8 Å². The summed E-state index contributed by atoms with van der Waals surface area (Å²) in [6.07, 6.45) is 5.67. The number of rotatable bonds is 4. The van der Waals surface area contributed by atoms with Crippen LogP contribution < -0.4 is 4.90 Å². The van der Waals surface area contributed by atoms with Gasteiger partial charge in [0.2, 0.25) is 0 Å². The molecule has 0 unspecified atom stereocenters. The first-order valence-electron chi connectivity index (χ1n) is 6.75. The summed E-state index contributed by atoms with van der Waals surface area (Å²) in [7, 11) is 0. The minimum Gasteiger partial charge on any atom is -0.476 e. The van der Waals surface area contributed by atoms with Gasteiger partial charge in [0.05, 0.1) is 12.4 Å². The standard InChI is InChI=1S/C13H18N4O2/c18-13(19)11-7-15-12(8-14-11)17-5-3-16(4-6-17)9-10-1-2-10/h7-8,10H,1-6,9H2,(H,18,19). The average molecular weight is 262 g/mol. The van der Waals surface area contributed by atoms with Crippen LogP contribution in [0.4, 0.5) is 5.82 Å². The number of aromatic nitrogens is 2. The Morgan fingerprint density at radius 2 is 1.95 bits per heavy atom. The fourth-order valence-electron chi connectivity index (χ4n) is 2.42. The van der Waals surface area contributed by atoms with Crippen molar-refractivity contribution in [1.82, 2.24) is 14.9 Å². The molecule has 2 heterocycles. The molecule has 102 valence electrons. The maximum Gasteiger partial charge on any atom is 0.356 e. The molecule has 2 aliphatic rings. The zero-order valence-corrected chi connectivity index (χ0v) is 10.8. The summed E-state index contributed by atoms with van der Waals surface area (Å²) < 4.78 is 0. The van der Waals surface area contributed by atoms with Gasteiger partial charge in [-0.15, -0.1) is 0 Å². The van der Waals surface area contributed by atoms with Crippen LogP contribution in [0.25, 0.3) is 0 Å². The van der Waals surface area contributed by atoms with E-state index in [1.165, 1.54) is 25.6 Å². The Morgan fingerprint density at radius 3 is 2.47 bits per heavy atom. The van der Waals surface area contributed by atoms with Crippen molar-refractivity contribution >= 4 is 11.8 Å². The van der Waals surface area contributed by atoms with E-state index < -0.39 is 5.97 Å². The number of hydrogen-bond acceptors (Lipinski definition) is 5. The van der Waals surface area contributed by atoms with E-state index in [1.54, 1.807) is 6.20 Å². The van der Waals surface area contributed by atoms with Gasteiger partial charge < -0.3 is 10.0 Å². The monoisotopic (exact) mass is 262 g/mol. The quantitative estimate of drug-likeness (QED) is 0.861. The molecule has 3 rings (SSSR count). The van der Waals surface area contributed by atoms with Crippen molar-refractivity contribution in [2.75, 3.05) is 37.6 Å². The normalized spacial score (nSPS) is 20.5. The topological polar surface area (TPSA) is 69.6 Å². The highest BCUT2D eigenvalue weighted by Crippen LogP contribution is 2.30. The van der Waals surface area contributed by atoms with Crippen LogP contribution >= 0.6 is 0 Å². The summed E-state index contributed by atoms with van der Waals surface area (Å²) in [6, 6.07) is 0. The van der Waals surface area contributed by atoms with Gasteiger partial charge in [-0.3, -0.25) is 4.90 Å². The first-order chi connectivity index (χ1) is 9.22. The van der Waals surface area contributed by atoms with Crippen LogP contribution in [0.3, 0.4) is 0 Å². The molecule has 1 aliphatic carbocycles. The summed E-state index contributed by atoms with van der Waals surface area (Å²) in [5.41, 5.74) is -0.00359. The molecule has 6 nitrogen and oxygen atoms in total. The lowest BCUT2D eigenvalue weighted by Gasteiger charge is -2.35. The molecule has 1 aliphatic heterocycles. The Labute approximate surface area is 112 Å². The lowest BCUT2D eigenvalue weighted by molar-refractivity contribution is 0.0690. The number of aromatic carboxylic acids is 1. The van der Waals surface area contributed by atoms with Crippen molar-refractivity contribution < 1.29 is 9.90 Å². The number of carbonyl (C=O) groups is 1. The number of anilines is 1. The summed E-state index contributed by atoms with van der Waals surface area (Å²) in [5.74, 6) is 0.672. The van der Waals surface area contributed by atoms with Crippen LogP contribution in [0.1, 0.15) is 23.3 Å². The van der Waals surface area contributed by atoms with E-state index >= 15 is 0 Å². The Morgan fingerprint density at radius 1 is 1.21 bits per heavy atom. The predicted molar refractivity (Wildman–Crippen MR) is 70.4 cm³/mol. The second-order valence-electron chi connectivity index (χ2n) is 5.30. The number of piperazine rings is 1. The molecule has 0 spiro atoms. The minimum absolute atomic E-state index is 0.00359. The van der Waals surface area contributed by atoms with Crippen molar-refractivity contribution in [3.05, 3.63) is 18.1 Å². The lowest BCUT2D eigenvalue weighted by atomic mass is 10.3. The van der Waals surface area contributed by atoms with Gasteiger partial charge in [0.15, 0.2) is 5.69 Å². The second-order valence-corrected chi connectivity index (χ2v) is 5.30. The Kier molecular flexibility index (Phi) is 3.33. The van der Waals surface area contributed by atoms with Gasteiger partial charge in [-0.2, -0.15) is 0 Å². The third-order valence-electron chi connectivity index (χ3n) is 3.77. The number of carboxylic acids is 1. The van der Waals surface area contributed by atoms with Crippen molar-refractivity contribution in [2.24, 2.45) is 5.92 Å². The molecule has 0 amide bonds. The number of carboxylic acid groups (broad SMARTS) is 1. The van der Waals surface area contributed by atoms with Gasteiger partial charge >= 0.3 is 5.97 Å². The molecule has 1 aromatic heterocycles. The van der Waals surface area contributed by atoms with Crippen molar-refractivity contribution in [3.63, 3.8) is 0 Å². The molecule has 1 aromatic rings. The van der Waals surface area contributed by atoms with Gasteiger partial charge in [-0.05, 0) is 18.8 Å². The van der Waals surface area contributed by atoms with Crippen LogP contribution in [0.2, 0.25) is 0 Å².